The standard InChI is InChI=1S/C14H13N3/c15-10-12-14(11-6-2-1-3-7-11)16-13-8-4-5-9-17(12)13/h1-9H,10,15H2/p+1. The molecule has 0 saturated heterocycles. The molecule has 0 fully saturated rings. The number of pyridine rings is 1. The van der Waals surface area contributed by atoms with Gasteiger partial charge in [-0.25, -0.2) is 4.98 Å². The lowest BCUT2D eigenvalue weighted by Gasteiger charge is -1.99. The summed E-state index contributed by atoms with van der Waals surface area (Å²) >= 11 is 0. The Labute approximate surface area is 99.5 Å². The highest BCUT2D eigenvalue weighted by atomic mass is 15.0. The lowest BCUT2D eigenvalue weighted by Crippen LogP contribution is -2.48. The summed E-state index contributed by atoms with van der Waals surface area (Å²) in [6.07, 6.45) is 2.04. The summed E-state index contributed by atoms with van der Waals surface area (Å²) in [6, 6.07) is 16.3. The Hall–Kier alpha value is -2.13. The number of hydrogen-bond acceptors (Lipinski definition) is 1. The van der Waals surface area contributed by atoms with Crippen LogP contribution in [0.25, 0.3) is 16.9 Å². The van der Waals surface area contributed by atoms with E-state index in [1.54, 1.807) is 0 Å². The van der Waals surface area contributed by atoms with Crippen LogP contribution in [0.3, 0.4) is 0 Å². The molecule has 2 heterocycles. The van der Waals surface area contributed by atoms with Crippen LogP contribution in [-0.2, 0) is 6.54 Å². The van der Waals surface area contributed by atoms with Crippen LogP contribution < -0.4 is 5.73 Å². The van der Waals surface area contributed by atoms with Gasteiger partial charge in [0.1, 0.15) is 17.9 Å². The molecule has 0 bridgehead atoms. The number of benzene rings is 1. The van der Waals surface area contributed by atoms with Crippen molar-refractivity contribution in [3.63, 3.8) is 0 Å². The summed E-state index contributed by atoms with van der Waals surface area (Å²) in [5, 5.41) is 0. The third kappa shape index (κ3) is 1.61. The maximum Gasteiger partial charge on any atom is 0.137 e. The Morgan fingerprint density at radius 3 is 2.53 bits per heavy atom. The van der Waals surface area contributed by atoms with E-state index in [2.05, 4.69) is 27.3 Å². The van der Waals surface area contributed by atoms with Crippen molar-refractivity contribution >= 4 is 5.65 Å². The molecular formula is C14H14N3+. The number of hydrogen-bond donors (Lipinski definition) is 1. The molecule has 0 aliphatic rings. The van der Waals surface area contributed by atoms with E-state index in [-0.39, 0.29) is 0 Å². The second kappa shape index (κ2) is 4.03. The molecule has 2 aromatic heterocycles. The first-order valence-electron chi connectivity index (χ1n) is 5.71. The predicted molar refractivity (Wildman–Crippen MR) is 67.2 cm³/mol. The molecule has 0 spiro atoms. The Morgan fingerprint density at radius 1 is 1.00 bits per heavy atom. The van der Waals surface area contributed by atoms with Crippen molar-refractivity contribution in [1.82, 2.24) is 9.38 Å². The van der Waals surface area contributed by atoms with Crippen LogP contribution in [0.2, 0.25) is 0 Å². The van der Waals surface area contributed by atoms with Crippen LogP contribution in [0, 0.1) is 0 Å². The molecule has 0 aliphatic carbocycles. The van der Waals surface area contributed by atoms with E-state index in [1.807, 2.05) is 42.6 Å². The van der Waals surface area contributed by atoms with Gasteiger partial charge in [-0.15, -0.1) is 0 Å². The summed E-state index contributed by atoms with van der Waals surface area (Å²) in [5.74, 6) is 0. The Bertz CT molecular complexity index is 641. The second-order valence-corrected chi connectivity index (χ2v) is 3.95. The lowest BCUT2D eigenvalue weighted by atomic mass is 10.1. The SMILES string of the molecule is [NH3+]Cc1c(-c2ccccc2)nc2ccccn12. The summed E-state index contributed by atoms with van der Waals surface area (Å²) in [4.78, 5) is 4.68. The predicted octanol–water partition coefficient (Wildman–Crippen LogP) is 1.74. The van der Waals surface area contributed by atoms with Crippen LogP contribution in [-0.4, -0.2) is 9.38 Å². The van der Waals surface area contributed by atoms with Crippen molar-refractivity contribution in [3.8, 4) is 11.3 Å². The number of aromatic nitrogens is 2. The number of fused-ring (bicyclic) bond motifs is 1. The average molecular weight is 224 g/mol. The highest BCUT2D eigenvalue weighted by Crippen LogP contribution is 2.23. The van der Waals surface area contributed by atoms with E-state index < -0.39 is 0 Å². The highest BCUT2D eigenvalue weighted by molar-refractivity contribution is 5.66. The topological polar surface area (TPSA) is 44.9 Å². The monoisotopic (exact) mass is 224 g/mol. The Kier molecular flexibility index (Phi) is 2.38. The van der Waals surface area contributed by atoms with E-state index >= 15 is 0 Å². The summed E-state index contributed by atoms with van der Waals surface area (Å²) in [7, 11) is 0. The molecule has 3 N–H and O–H groups in total. The van der Waals surface area contributed by atoms with Gasteiger partial charge < -0.3 is 5.73 Å². The number of rotatable bonds is 2. The number of imidazole rings is 1. The summed E-state index contributed by atoms with van der Waals surface area (Å²) in [6.45, 7) is 0.732. The number of nitrogens with zero attached hydrogens (tertiary/aromatic N) is 2. The molecule has 0 saturated carbocycles. The van der Waals surface area contributed by atoms with Crippen molar-refractivity contribution in [2.75, 3.05) is 0 Å². The minimum absolute atomic E-state index is 0.732. The third-order valence-electron chi connectivity index (χ3n) is 2.91. The molecule has 84 valence electrons. The zero-order chi connectivity index (χ0) is 11.7. The molecular weight excluding hydrogens is 210 g/mol. The van der Waals surface area contributed by atoms with Gasteiger partial charge in [0.25, 0.3) is 0 Å². The van der Waals surface area contributed by atoms with E-state index in [0.29, 0.717) is 0 Å². The fourth-order valence-electron chi connectivity index (χ4n) is 2.11. The van der Waals surface area contributed by atoms with Crippen molar-refractivity contribution in [2.24, 2.45) is 0 Å². The fraction of sp³-hybridized carbons (Fsp3) is 0.0714. The van der Waals surface area contributed by atoms with Crippen LogP contribution in [0.1, 0.15) is 5.69 Å². The van der Waals surface area contributed by atoms with Crippen molar-refractivity contribution in [3.05, 3.63) is 60.4 Å². The maximum absolute atomic E-state index is 4.68. The van der Waals surface area contributed by atoms with E-state index in [1.165, 1.54) is 0 Å². The summed E-state index contributed by atoms with van der Waals surface area (Å²) in [5.41, 5.74) is 8.32. The largest absolute Gasteiger partial charge is 0.353 e. The first kappa shape index (κ1) is 10.1. The lowest BCUT2D eigenvalue weighted by molar-refractivity contribution is -0.387. The van der Waals surface area contributed by atoms with Gasteiger partial charge in [-0.05, 0) is 12.1 Å². The normalized spacial score (nSPS) is 10.9. The summed E-state index contributed by atoms with van der Waals surface area (Å²) < 4.78 is 2.11. The van der Waals surface area contributed by atoms with Gasteiger partial charge in [0.05, 0.1) is 5.69 Å². The second-order valence-electron chi connectivity index (χ2n) is 3.95. The molecule has 3 nitrogen and oxygen atoms in total. The molecule has 0 radical (unpaired) electrons. The van der Waals surface area contributed by atoms with Crippen molar-refractivity contribution in [1.29, 1.82) is 0 Å². The Morgan fingerprint density at radius 2 is 1.76 bits per heavy atom. The smallest absolute Gasteiger partial charge is 0.137 e. The highest BCUT2D eigenvalue weighted by Gasteiger charge is 2.12. The Balaban J connectivity index is 2.30. The maximum atomic E-state index is 4.68. The molecule has 1 aromatic carbocycles. The van der Waals surface area contributed by atoms with Crippen LogP contribution >= 0.6 is 0 Å². The van der Waals surface area contributed by atoms with Gasteiger partial charge in [0, 0.05) is 11.8 Å². The van der Waals surface area contributed by atoms with Crippen molar-refractivity contribution < 1.29 is 5.73 Å². The van der Waals surface area contributed by atoms with Crippen LogP contribution in [0.5, 0.6) is 0 Å². The molecule has 0 unspecified atom stereocenters. The molecule has 0 aliphatic heterocycles. The van der Waals surface area contributed by atoms with E-state index in [0.717, 1.165) is 29.1 Å². The van der Waals surface area contributed by atoms with E-state index in [9.17, 15) is 0 Å². The van der Waals surface area contributed by atoms with Gasteiger partial charge in [0.15, 0.2) is 0 Å². The minimum atomic E-state index is 0.732. The quantitative estimate of drug-likeness (QED) is 0.708. The van der Waals surface area contributed by atoms with Gasteiger partial charge in [-0.3, -0.25) is 4.40 Å². The third-order valence-corrected chi connectivity index (χ3v) is 2.91. The minimum Gasteiger partial charge on any atom is -0.353 e. The molecule has 0 atom stereocenters. The fourth-order valence-corrected chi connectivity index (χ4v) is 2.11. The molecule has 3 rings (SSSR count). The average Bonchev–Trinajstić information content (AvgIpc) is 2.78. The van der Waals surface area contributed by atoms with Gasteiger partial charge in [0.2, 0.25) is 0 Å². The zero-order valence-electron chi connectivity index (χ0n) is 9.50. The van der Waals surface area contributed by atoms with Crippen LogP contribution in [0.15, 0.2) is 54.7 Å². The van der Waals surface area contributed by atoms with E-state index in [4.69, 9.17) is 0 Å². The molecule has 17 heavy (non-hydrogen) atoms. The van der Waals surface area contributed by atoms with Gasteiger partial charge in [-0.1, -0.05) is 36.4 Å². The first-order chi connectivity index (χ1) is 8.40. The molecule has 3 aromatic rings. The molecule has 0 amide bonds. The van der Waals surface area contributed by atoms with Crippen LogP contribution in [0.4, 0.5) is 0 Å². The van der Waals surface area contributed by atoms with Gasteiger partial charge in [-0.2, -0.15) is 0 Å². The van der Waals surface area contributed by atoms with Gasteiger partial charge >= 0.3 is 0 Å². The first-order valence-corrected chi connectivity index (χ1v) is 5.71. The number of quaternary nitrogens is 1. The zero-order valence-corrected chi connectivity index (χ0v) is 9.50. The molecule has 3 heteroatoms. The van der Waals surface area contributed by atoms with Crippen molar-refractivity contribution in [2.45, 2.75) is 6.54 Å².